The lowest BCUT2D eigenvalue weighted by atomic mass is 10.2. The number of carbonyl (C=O) groups is 1. The fraction of sp³-hybridized carbons (Fsp3) is 0.250. The number of carbonyl (C=O) groups excluding carboxylic acids is 1. The van der Waals surface area contributed by atoms with Crippen molar-refractivity contribution in [3.05, 3.63) is 58.3 Å². The quantitative estimate of drug-likeness (QED) is 0.639. The van der Waals surface area contributed by atoms with Crippen molar-refractivity contribution in [1.29, 1.82) is 0 Å². The van der Waals surface area contributed by atoms with Crippen LogP contribution >= 0.6 is 0 Å². The van der Waals surface area contributed by atoms with E-state index in [1.165, 1.54) is 12.1 Å². The van der Waals surface area contributed by atoms with Crippen LogP contribution in [0.2, 0.25) is 0 Å². The molecule has 23 heavy (non-hydrogen) atoms. The number of nitrogens with zero attached hydrogens (tertiary/aromatic N) is 3. The number of rotatable bonds is 4. The average Bonchev–Trinajstić information content (AvgIpc) is 3.10. The minimum atomic E-state index is -0.518. The first kappa shape index (κ1) is 15.0. The predicted octanol–water partition coefficient (Wildman–Crippen LogP) is 3.02. The molecule has 1 fully saturated rings. The second-order valence-corrected chi connectivity index (χ2v) is 5.24. The van der Waals surface area contributed by atoms with Crippen molar-refractivity contribution < 1.29 is 14.5 Å². The van der Waals surface area contributed by atoms with Crippen LogP contribution in [0.1, 0.15) is 23.2 Å². The van der Waals surface area contributed by atoms with Gasteiger partial charge in [-0.2, -0.15) is 0 Å². The number of hydrogen-bond donors (Lipinski definition) is 0. The van der Waals surface area contributed by atoms with Gasteiger partial charge in [-0.25, -0.2) is 4.98 Å². The third kappa shape index (κ3) is 3.45. The molecule has 2 heterocycles. The number of benzene rings is 1. The number of ether oxygens (including phenoxy) is 1. The Morgan fingerprint density at radius 2 is 1.83 bits per heavy atom. The Morgan fingerprint density at radius 1 is 1.13 bits per heavy atom. The van der Waals surface area contributed by atoms with Gasteiger partial charge in [0, 0.05) is 30.8 Å². The summed E-state index contributed by atoms with van der Waals surface area (Å²) in [6.45, 7) is 1.62. The summed E-state index contributed by atoms with van der Waals surface area (Å²) < 4.78 is 5.51. The molecule has 1 aliphatic rings. The molecule has 7 nitrogen and oxygen atoms in total. The van der Waals surface area contributed by atoms with Crippen molar-refractivity contribution in [2.24, 2.45) is 0 Å². The number of likely N-dealkylation sites (tertiary alicyclic amines) is 1. The zero-order valence-electron chi connectivity index (χ0n) is 12.3. The van der Waals surface area contributed by atoms with E-state index < -0.39 is 4.92 Å². The third-order valence-electron chi connectivity index (χ3n) is 3.65. The van der Waals surface area contributed by atoms with Crippen molar-refractivity contribution in [2.75, 3.05) is 13.1 Å². The minimum absolute atomic E-state index is 0.0301. The minimum Gasteiger partial charge on any atom is -0.439 e. The molecule has 7 heteroatoms. The smallest absolute Gasteiger partial charge is 0.287 e. The number of hydrogen-bond acceptors (Lipinski definition) is 5. The van der Waals surface area contributed by atoms with Gasteiger partial charge in [0.1, 0.15) is 11.9 Å². The summed E-state index contributed by atoms with van der Waals surface area (Å²) in [5, 5.41) is 10.6. The molecule has 0 saturated carbocycles. The van der Waals surface area contributed by atoms with Gasteiger partial charge < -0.3 is 9.64 Å². The Bertz CT molecular complexity index is 707. The number of amides is 1. The molecule has 0 radical (unpaired) electrons. The molecule has 2 aromatic rings. The van der Waals surface area contributed by atoms with E-state index >= 15 is 0 Å². The highest BCUT2D eigenvalue weighted by atomic mass is 16.6. The normalized spacial score (nSPS) is 13.8. The molecule has 1 saturated heterocycles. The van der Waals surface area contributed by atoms with Crippen molar-refractivity contribution in [2.45, 2.75) is 12.8 Å². The molecule has 3 rings (SSSR count). The van der Waals surface area contributed by atoms with Crippen LogP contribution in [0.4, 0.5) is 5.69 Å². The fourth-order valence-corrected chi connectivity index (χ4v) is 2.43. The molecule has 0 N–H and O–H groups in total. The molecule has 0 unspecified atom stereocenters. The number of nitro groups is 1. The first-order valence-corrected chi connectivity index (χ1v) is 7.31. The highest BCUT2D eigenvalue weighted by Gasteiger charge is 2.19. The molecular formula is C16H15N3O4. The highest BCUT2D eigenvalue weighted by molar-refractivity contribution is 5.94. The summed E-state index contributed by atoms with van der Waals surface area (Å²) in [5.41, 5.74) is 0.528. The first-order valence-electron chi connectivity index (χ1n) is 7.31. The zero-order valence-corrected chi connectivity index (χ0v) is 12.3. The van der Waals surface area contributed by atoms with E-state index in [-0.39, 0.29) is 17.5 Å². The zero-order chi connectivity index (χ0) is 16.2. The van der Waals surface area contributed by atoms with Gasteiger partial charge in [-0.1, -0.05) is 0 Å². The standard InChI is InChI=1S/C16H15N3O4/c20-16(18-9-1-2-10-18)12-3-6-14(7-4-12)23-15-8-5-13(11-17-15)19(21)22/h3-8,11H,1-2,9-10H2. The Kier molecular flexibility index (Phi) is 4.18. The Morgan fingerprint density at radius 3 is 2.39 bits per heavy atom. The third-order valence-corrected chi connectivity index (χ3v) is 3.65. The summed E-state index contributed by atoms with van der Waals surface area (Å²) >= 11 is 0. The summed E-state index contributed by atoms with van der Waals surface area (Å²) in [4.78, 5) is 28.0. The van der Waals surface area contributed by atoms with Crippen LogP contribution in [0.25, 0.3) is 0 Å². The number of pyridine rings is 1. The Hall–Kier alpha value is -2.96. The van der Waals surface area contributed by atoms with Crippen LogP contribution in [0.15, 0.2) is 42.6 Å². The largest absolute Gasteiger partial charge is 0.439 e. The van der Waals surface area contributed by atoms with E-state index in [2.05, 4.69) is 4.98 Å². The second kappa shape index (κ2) is 6.43. The maximum absolute atomic E-state index is 12.2. The average molecular weight is 313 g/mol. The van der Waals surface area contributed by atoms with Crippen molar-refractivity contribution in [1.82, 2.24) is 9.88 Å². The van der Waals surface area contributed by atoms with Crippen molar-refractivity contribution >= 4 is 11.6 Å². The SMILES string of the molecule is O=C(c1ccc(Oc2ccc([N+](=O)[O-])cn2)cc1)N1CCCC1. The summed E-state index contributed by atoms with van der Waals surface area (Å²) in [7, 11) is 0. The molecule has 1 aromatic heterocycles. The maximum atomic E-state index is 12.2. The molecule has 0 aliphatic carbocycles. The lowest BCUT2D eigenvalue weighted by Crippen LogP contribution is -2.27. The molecule has 0 spiro atoms. The molecule has 0 atom stereocenters. The predicted molar refractivity (Wildman–Crippen MR) is 82.5 cm³/mol. The van der Waals surface area contributed by atoms with Crippen LogP contribution in [0.5, 0.6) is 11.6 Å². The Labute approximate surface area is 132 Å². The van der Waals surface area contributed by atoms with Crippen molar-refractivity contribution in [3.8, 4) is 11.6 Å². The van der Waals surface area contributed by atoms with Crippen LogP contribution in [-0.2, 0) is 0 Å². The van der Waals surface area contributed by atoms with Gasteiger partial charge in [0.15, 0.2) is 0 Å². The monoisotopic (exact) mass is 313 g/mol. The van der Waals surface area contributed by atoms with Gasteiger partial charge in [-0.05, 0) is 37.1 Å². The molecule has 1 aromatic carbocycles. The van der Waals surface area contributed by atoms with Gasteiger partial charge in [-0.15, -0.1) is 0 Å². The molecule has 1 amide bonds. The van der Waals surface area contributed by atoms with Crippen LogP contribution in [0, 0.1) is 10.1 Å². The van der Waals surface area contributed by atoms with E-state index in [1.807, 2.05) is 4.90 Å². The Balaban J connectivity index is 1.67. The van der Waals surface area contributed by atoms with Crippen LogP contribution in [0.3, 0.4) is 0 Å². The van der Waals surface area contributed by atoms with Crippen LogP contribution < -0.4 is 4.74 Å². The topological polar surface area (TPSA) is 85.6 Å². The lowest BCUT2D eigenvalue weighted by Gasteiger charge is -2.15. The molecule has 1 aliphatic heterocycles. The summed E-state index contributed by atoms with van der Waals surface area (Å²) in [6, 6.07) is 9.55. The molecule has 118 valence electrons. The lowest BCUT2D eigenvalue weighted by molar-refractivity contribution is -0.385. The van der Waals surface area contributed by atoms with Gasteiger partial charge in [0.2, 0.25) is 5.88 Å². The van der Waals surface area contributed by atoms with E-state index in [0.717, 1.165) is 32.1 Å². The fourth-order valence-electron chi connectivity index (χ4n) is 2.43. The van der Waals surface area contributed by atoms with E-state index in [1.54, 1.807) is 24.3 Å². The maximum Gasteiger partial charge on any atom is 0.287 e. The van der Waals surface area contributed by atoms with E-state index in [9.17, 15) is 14.9 Å². The molecule has 0 bridgehead atoms. The number of aromatic nitrogens is 1. The van der Waals surface area contributed by atoms with Crippen molar-refractivity contribution in [3.63, 3.8) is 0 Å². The molecular weight excluding hydrogens is 298 g/mol. The first-order chi connectivity index (χ1) is 11.1. The second-order valence-electron chi connectivity index (χ2n) is 5.24. The van der Waals surface area contributed by atoms with E-state index in [4.69, 9.17) is 4.74 Å². The summed E-state index contributed by atoms with van der Waals surface area (Å²) in [6.07, 6.45) is 3.25. The van der Waals surface area contributed by atoms with Gasteiger partial charge >= 0.3 is 0 Å². The summed E-state index contributed by atoms with van der Waals surface area (Å²) in [5.74, 6) is 0.807. The van der Waals surface area contributed by atoms with Gasteiger partial charge in [0.25, 0.3) is 11.6 Å². The van der Waals surface area contributed by atoms with Gasteiger partial charge in [-0.3, -0.25) is 14.9 Å². The van der Waals surface area contributed by atoms with Gasteiger partial charge in [0.05, 0.1) is 4.92 Å². The van der Waals surface area contributed by atoms with Crippen LogP contribution in [-0.4, -0.2) is 33.8 Å². The highest BCUT2D eigenvalue weighted by Crippen LogP contribution is 2.22. The van der Waals surface area contributed by atoms with E-state index in [0.29, 0.717) is 11.3 Å².